The topological polar surface area (TPSA) is 29.1 Å². The molecule has 0 bridgehead atoms. The predicted octanol–water partition coefficient (Wildman–Crippen LogP) is 2.11. The Morgan fingerprint density at radius 1 is 1.23 bits per heavy atom. The van der Waals surface area contributed by atoms with E-state index in [9.17, 15) is 17.4 Å². The second kappa shape index (κ2) is 4.13. The average Bonchev–Trinajstić information content (AvgIpc) is 1.82. The van der Waals surface area contributed by atoms with Crippen LogP contribution in [0.5, 0.6) is 0 Å². The van der Waals surface area contributed by atoms with Crippen LogP contribution in [-0.4, -0.2) is 15.1 Å². The van der Waals surface area contributed by atoms with Crippen LogP contribution < -0.4 is 4.72 Å². The molecule has 0 aromatic rings. The first-order chi connectivity index (χ1) is 5.63. The molecule has 1 N–H and O–H groups in total. The van der Waals surface area contributed by atoms with Gasteiger partial charge in [0, 0.05) is 12.3 Å². The molecule has 1 unspecified atom stereocenters. The molecular formula is C7H12F3NOS. The van der Waals surface area contributed by atoms with E-state index in [1.54, 1.807) is 20.8 Å². The van der Waals surface area contributed by atoms with Crippen molar-refractivity contribution in [1.82, 2.24) is 4.72 Å². The second-order valence-electron chi connectivity index (χ2n) is 3.37. The summed E-state index contributed by atoms with van der Waals surface area (Å²) in [5.74, 6) is 0. The summed E-state index contributed by atoms with van der Waals surface area (Å²) in [6.45, 7) is 4.99. The first-order valence-corrected chi connectivity index (χ1v) is 4.70. The highest BCUT2D eigenvalue weighted by Crippen LogP contribution is 2.15. The summed E-state index contributed by atoms with van der Waals surface area (Å²) in [6, 6.07) is 0. The number of rotatable bonds is 2. The molecule has 0 aliphatic heterocycles. The van der Waals surface area contributed by atoms with Crippen molar-refractivity contribution in [3.05, 3.63) is 12.3 Å². The van der Waals surface area contributed by atoms with Gasteiger partial charge in [-0.15, -0.1) is 0 Å². The SMILES string of the molecule is CC(C)(C)S(=O)NC=CC(F)(F)F. The van der Waals surface area contributed by atoms with Gasteiger partial charge in [-0.05, 0) is 20.8 Å². The molecule has 0 saturated heterocycles. The fourth-order valence-electron chi connectivity index (χ4n) is 0.367. The van der Waals surface area contributed by atoms with Crippen molar-refractivity contribution in [2.24, 2.45) is 0 Å². The quantitative estimate of drug-likeness (QED) is 0.751. The van der Waals surface area contributed by atoms with Crippen molar-refractivity contribution < 1.29 is 17.4 Å². The predicted molar refractivity (Wildman–Crippen MR) is 46.2 cm³/mol. The molecule has 0 rings (SSSR count). The molecule has 0 amide bonds. The van der Waals surface area contributed by atoms with E-state index < -0.39 is 21.9 Å². The molecule has 6 heteroatoms. The molecule has 0 saturated carbocycles. The third kappa shape index (κ3) is 6.62. The number of hydrogen-bond acceptors (Lipinski definition) is 1. The third-order valence-electron chi connectivity index (χ3n) is 1.00. The lowest BCUT2D eigenvalue weighted by Gasteiger charge is -2.16. The fourth-order valence-corrected chi connectivity index (χ4v) is 0.912. The minimum atomic E-state index is -4.37. The summed E-state index contributed by atoms with van der Waals surface area (Å²) < 4.78 is 47.4. The van der Waals surface area contributed by atoms with E-state index in [4.69, 9.17) is 0 Å². The van der Waals surface area contributed by atoms with Crippen molar-refractivity contribution in [2.45, 2.75) is 31.7 Å². The molecule has 0 radical (unpaired) electrons. The van der Waals surface area contributed by atoms with Crippen LogP contribution in [0.15, 0.2) is 12.3 Å². The Labute approximate surface area is 77.8 Å². The second-order valence-corrected chi connectivity index (χ2v) is 5.37. The normalized spacial score (nSPS) is 16.2. The van der Waals surface area contributed by atoms with Gasteiger partial charge in [0.15, 0.2) is 0 Å². The number of alkyl halides is 3. The van der Waals surface area contributed by atoms with Crippen molar-refractivity contribution >= 4 is 11.0 Å². The van der Waals surface area contributed by atoms with E-state index in [-0.39, 0.29) is 6.08 Å². The fraction of sp³-hybridized carbons (Fsp3) is 0.714. The van der Waals surface area contributed by atoms with Gasteiger partial charge in [-0.3, -0.25) is 0 Å². The molecule has 0 aliphatic rings. The lowest BCUT2D eigenvalue weighted by Crippen LogP contribution is -2.30. The van der Waals surface area contributed by atoms with Crippen LogP contribution in [-0.2, 0) is 11.0 Å². The van der Waals surface area contributed by atoms with Gasteiger partial charge in [-0.1, -0.05) is 0 Å². The summed E-state index contributed by atoms with van der Waals surface area (Å²) in [6.07, 6.45) is -3.70. The van der Waals surface area contributed by atoms with Crippen LogP contribution in [0.25, 0.3) is 0 Å². The summed E-state index contributed by atoms with van der Waals surface area (Å²) in [7, 11) is -1.51. The van der Waals surface area contributed by atoms with E-state index in [2.05, 4.69) is 4.72 Å². The van der Waals surface area contributed by atoms with Gasteiger partial charge >= 0.3 is 6.18 Å². The highest BCUT2D eigenvalue weighted by atomic mass is 32.2. The molecular weight excluding hydrogens is 203 g/mol. The largest absolute Gasteiger partial charge is 0.411 e. The summed E-state index contributed by atoms with van der Waals surface area (Å²) >= 11 is 0. The summed E-state index contributed by atoms with van der Waals surface area (Å²) in [5, 5.41) is 0. The van der Waals surface area contributed by atoms with Gasteiger partial charge in [0.2, 0.25) is 0 Å². The van der Waals surface area contributed by atoms with E-state index >= 15 is 0 Å². The number of halogens is 3. The Kier molecular flexibility index (Phi) is 3.96. The number of hydrogen-bond donors (Lipinski definition) is 1. The van der Waals surface area contributed by atoms with Crippen LogP contribution in [0, 0.1) is 0 Å². The smallest absolute Gasteiger partial charge is 0.312 e. The highest BCUT2D eigenvalue weighted by Gasteiger charge is 2.23. The third-order valence-corrected chi connectivity index (χ3v) is 2.47. The van der Waals surface area contributed by atoms with Gasteiger partial charge in [-0.2, -0.15) is 13.2 Å². The van der Waals surface area contributed by atoms with Gasteiger partial charge in [0.25, 0.3) is 0 Å². The molecule has 0 spiro atoms. The van der Waals surface area contributed by atoms with Gasteiger partial charge in [0.1, 0.15) is 11.0 Å². The molecule has 0 aromatic heterocycles. The molecule has 2 nitrogen and oxygen atoms in total. The first kappa shape index (κ1) is 12.5. The minimum Gasteiger partial charge on any atom is -0.312 e. The zero-order valence-electron chi connectivity index (χ0n) is 7.61. The van der Waals surface area contributed by atoms with Crippen LogP contribution in [0.1, 0.15) is 20.8 Å². The maximum absolute atomic E-state index is 11.6. The summed E-state index contributed by atoms with van der Waals surface area (Å²) in [4.78, 5) is 0. The van der Waals surface area contributed by atoms with Crippen LogP contribution >= 0.6 is 0 Å². The minimum absolute atomic E-state index is 0.0106. The monoisotopic (exact) mass is 215 g/mol. The van der Waals surface area contributed by atoms with E-state index in [0.29, 0.717) is 6.20 Å². The summed E-state index contributed by atoms with van der Waals surface area (Å²) in [5.41, 5.74) is 0. The average molecular weight is 215 g/mol. The Balaban J connectivity index is 4.06. The Morgan fingerprint density at radius 3 is 2.00 bits per heavy atom. The van der Waals surface area contributed by atoms with Gasteiger partial charge in [-0.25, -0.2) is 4.21 Å². The molecule has 1 atom stereocenters. The molecule has 0 aromatic carbocycles. The van der Waals surface area contributed by atoms with Crippen molar-refractivity contribution in [3.8, 4) is 0 Å². The molecule has 0 aliphatic carbocycles. The Hall–Kier alpha value is -0.520. The standard InChI is InChI=1S/C7H12F3NOS/c1-6(2,3)13(12)11-5-4-7(8,9)10/h4-5,11H,1-3H3. The van der Waals surface area contributed by atoms with Crippen LogP contribution in [0.2, 0.25) is 0 Å². The Morgan fingerprint density at radius 2 is 1.69 bits per heavy atom. The van der Waals surface area contributed by atoms with Crippen LogP contribution in [0.4, 0.5) is 13.2 Å². The maximum atomic E-state index is 11.6. The zero-order valence-corrected chi connectivity index (χ0v) is 8.42. The molecule has 13 heavy (non-hydrogen) atoms. The van der Waals surface area contributed by atoms with E-state index in [1.165, 1.54) is 0 Å². The molecule has 0 heterocycles. The molecule has 78 valence electrons. The first-order valence-electron chi connectivity index (χ1n) is 3.55. The van der Waals surface area contributed by atoms with Crippen molar-refractivity contribution in [1.29, 1.82) is 0 Å². The lowest BCUT2D eigenvalue weighted by molar-refractivity contribution is -0.0800. The van der Waals surface area contributed by atoms with Crippen molar-refractivity contribution in [2.75, 3.05) is 0 Å². The van der Waals surface area contributed by atoms with E-state index in [0.717, 1.165) is 0 Å². The van der Waals surface area contributed by atoms with Crippen molar-refractivity contribution in [3.63, 3.8) is 0 Å². The lowest BCUT2D eigenvalue weighted by atomic mass is 10.3. The number of nitrogens with one attached hydrogen (secondary N) is 1. The van der Waals surface area contributed by atoms with E-state index in [1.807, 2.05) is 0 Å². The van der Waals surface area contributed by atoms with Gasteiger partial charge < -0.3 is 4.72 Å². The van der Waals surface area contributed by atoms with Gasteiger partial charge in [0.05, 0.1) is 4.75 Å². The number of allylic oxidation sites excluding steroid dienone is 1. The zero-order chi connectivity index (χ0) is 10.7. The highest BCUT2D eigenvalue weighted by molar-refractivity contribution is 7.84. The maximum Gasteiger partial charge on any atom is 0.411 e. The Bertz CT molecular complexity index is 217. The molecule has 0 fully saturated rings. The van der Waals surface area contributed by atoms with Crippen LogP contribution in [0.3, 0.4) is 0 Å².